The first-order valence-electron chi connectivity index (χ1n) is 9.13. The Hall–Kier alpha value is -1.97. The van der Waals surface area contributed by atoms with Crippen LogP contribution in [0.3, 0.4) is 0 Å². The Labute approximate surface area is 160 Å². The van der Waals surface area contributed by atoms with E-state index in [4.69, 9.17) is 4.74 Å². The monoisotopic (exact) mass is 393 g/mol. The fraction of sp³-hybridized carbons (Fsp3) is 0.556. The average molecular weight is 394 g/mol. The van der Waals surface area contributed by atoms with Crippen molar-refractivity contribution in [3.8, 4) is 5.75 Å². The molecule has 2 heterocycles. The number of aryl methyl sites for hydroxylation is 2. The number of piperazine rings is 1. The Balaban J connectivity index is 1.65. The normalized spacial score (nSPS) is 16.8. The van der Waals surface area contributed by atoms with Crippen molar-refractivity contribution in [2.75, 3.05) is 26.2 Å². The molecule has 0 bridgehead atoms. The third-order valence-corrected chi connectivity index (χ3v) is 6.38. The molecule has 148 valence electrons. The third kappa shape index (κ3) is 4.66. The smallest absolute Gasteiger partial charge is 0.243 e. The molecule has 8 nitrogen and oxygen atoms in total. The number of hydrogen-bond acceptors (Lipinski definition) is 6. The van der Waals surface area contributed by atoms with Crippen molar-refractivity contribution in [1.29, 1.82) is 0 Å². The second-order valence-electron chi connectivity index (χ2n) is 7.11. The minimum Gasteiger partial charge on any atom is -0.491 e. The summed E-state index contributed by atoms with van der Waals surface area (Å²) in [6, 6.07) is 5.06. The highest BCUT2D eigenvalue weighted by molar-refractivity contribution is 7.89. The summed E-state index contributed by atoms with van der Waals surface area (Å²) in [5.41, 5.74) is 0.823. The molecule has 1 N–H and O–H groups in total. The molecular weight excluding hydrogens is 366 g/mol. The van der Waals surface area contributed by atoms with Gasteiger partial charge in [-0.1, -0.05) is 0 Å². The van der Waals surface area contributed by atoms with Crippen molar-refractivity contribution in [2.24, 2.45) is 0 Å². The lowest BCUT2D eigenvalue weighted by Crippen LogP contribution is -2.48. The van der Waals surface area contributed by atoms with Gasteiger partial charge in [0, 0.05) is 26.2 Å². The Morgan fingerprint density at radius 3 is 2.44 bits per heavy atom. The minimum atomic E-state index is -3.51. The van der Waals surface area contributed by atoms with Gasteiger partial charge < -0.3 is 4.74 Å². The number of sulfonamides is 1. The lowest BCUT2D eigenvalue weighted by molar-refractivity contribution is 0.178. The summed E-state index contributed by atoms with van der Waals surface area (Å²) in [7, 11) is -3.51. The van der Waals surface area contributed by atoms with Crippen molar-refractivity contribution in [3.63, 3.8) is 0 Å². The van der Waals surface area contributed by atoms with Crippen LogP contribution in [0.25, 0.3) is 0 Å². The van der Waals surface area contributed by atoms with Crippen molar-refractivity contribution in [3.05, 3.63) is 35.4 Å². The van der Waals surface area contributed by atoms with Gasteiger partial charge in [0.05, 0.1) is 17.5 Å². The number of nitrogens with one attached hydrogen (secondary N) is 1. The number of benzene rings is 1. The predicted molar refractivity (Wildman–Crippen MR) is 102 cm³/mol. The van der Waals surface area contributed by atoms with Gasteiger partial charge in [0.15, 0.2) is 5.82 Å². The second-order valence-corrected chi connectivity index (χ2v) is 9.05. The van der Waals surface area contributed by atoms with Crippen LogP contribution < -0.4 is 4.74 Å². The molecule has 1 aromatic carbocycles. The Bertz CT molecular complexity index is 886. The van der Waals surface area contributed by atoms with Crippen molar-refractivity contribution < 1.29 is 13.2 Å². The van der Waals surface area contributed by atoms with Crippen LogP contribution in [0.5, 0.6) is 5.75 Å². The number of nitrogens with zero attached hydrogens (tertiary/aromatic N) is 4. The zero-order chi connectivity index (χ0) is 19.6. The van der Waals surface area contributed by atoms with E-state index in [2.05, 4.69) is 20.1 Å². The highest BCUT2D eigenvalue weighted by Crippen LogP contribution is 2.25. The highest BCUT2D eigenvalue weighted by atomic mass is 32.2. The molecule has 9 heteroatoms. The molecule has 1 aromatic heterocycles. The Morgan fingerprint density at radius 1 is 1.19 bits per heavy atom. The van der Waals surface area contributed by atoms with Gasteiger partial charge in [-0.15, -0.1) is 0 Å². The summed E-state index contributed by atoms with van der Waals surface area (Å²) in [6.45, 7) is 10.5. The molecule has 0 atom stereocenters. The van der Waals surface area contributed by atoms with Crippen molar-refractivity contribution >= 4 is 10.0 Å². The molecule has 3 rings (SSSR count). The van der Waals surface area contributed by atoms with Crippen LogP contribution in [0.15, 0.2) is 23.1 Å². The average Bonchev–Trinajstić information content (AvgIpc) is 3.01. The van der Waals surface area contributed by atoms with E-state index in [1.807, 2.05) is 27.7 Å². The summed E-state index contributed by atoms with van der Waals surface area (Å²) in [6.07, 6.45) is 0.0482. The summed E-state index contributed by atoms with van der Waals surface area (Å²) in [5.74, 6) is 2.24. The van der Waals surface area contributed by atoms with Gasteiger partial charge in [0.2, 0.25) is 10.0 Å². The largest absolute Gasteiger partial charge is 0.491 e. The molecule has 2 aromatic rings. The standard InChI is InChI=1S/C18H27N5O3S/c1-13(2)26-17-6-5-16(11-14(17)3)27(24,25)23-9-7-22(8-10-23)12-18-19-15(4)20-21-18/h5-6,11,13H,7-10,12H2,1-4H3,(H,19,20,21). The van der Waals surface area contributed by atoms with Crippen LogP contribution in [0, 0.1) is 13.8 Å². The maximum absolute atomic E-state index is 13.0. The highest BCUT2D eigenvalue weighted by Gasteiger charge is 2.29. The van der Waals surface area contributed by atoms with E-state index in [9.17, 15) is 8.42 Å². The van der Waals surface area contributed by atoms with Gasteiger partial charge in [0.1, 0.15) is 11.6 Å². The van der Waals surface area contributed by atoms with E-state index in [0.717, 1.165) is 23.0 Å². The number of hydrogen-bond donors (Lipinski definition) is 1. The zero-order valence-corrected chi connectivity index (χ0v) is 17.1. The molecule has 1 aliphatic heterocycles. The molecule has 1 fully saturated rings. The molecule has 0 unspecified atom stereocenters. The molecule has 27 heavy (non-hydrogen) atoms. The van der Waals surface area contributed by atoms with Gasteiger partial charge in [0.25, 0.3) is 0 Å². The zero-order valence-electron chi connectivity index (χ0n) is 16.3. The fourth-order valence-corrected chi connectivity index (χ4v) is 4.61. The molecule has 0 aliphatic carbocycles. The van der Waals surface area contributed by atoms with Crippen molar-refractivity contribution in [2.45, 2.75) is 45.2 Å². The van der Waals surface area contributed by atoms with E-state index in [0.29, 0.717) is 37.6 Å². The number of aromatic nitrogens is 3. The van der Waals surface area contributed by atoms with Crippen LogP contribution in [0.4, 0.5) is 0 Å². The second kappa shape index (κ2) is 7.95. The van der Waals surface area contributed by atoms with Gasteiger partial charge in [-0.25, -0.2) is 13.4 Å². The topological polar surface area (TPSA) is 91.4 Å². The maximum Gasteiger partial charge on any atom is 0.243 e. The summed E-state index contributed by atoms with van der Waals surface area (Å²) < 4.78 is 33.2. The molecule has 0 spiro atoms. The summed E-state index contributed by atoms with van der Waals surface area (Å²) in [4.78, 5) is 6.79. The van der Waals surface area contributed by atoms with Gasteiger partial charge in [-0.05, 0) is 51.5 Å². The van der Waals surface area contributed by atoms with Crippen LogP contribution in [-0.4, -0.2) is 65.1 Å². The predicted octanol–water partition coefficient (Wildman–Crippen LogP) is 1.72. The Kier molecular flexibility index (Phi) is 5.83. The third-order valence-electron chi connectivity index (χ3n) is 4.49. The van der Waals surface area contributed by atoms with Crippen LogP contribution in [-0.2, 0) is 16.6 Å². The summed E-state index contributed by atoms with van der Waals surface area (Å²) in [5, 5.41) is 6.97. The molecule has 0 saturated carbocycles. The van der Waals surface area contributed by atoms with E-state index >= 15 is 0 Å². The summed E-state index contributed by atoms with van der Waals surface area (Å²) >= 11 is 0. The Morgan fingerprint density at radius 2 is 1.89 bits per heavy atom. The number of rotatable bonds is 6. The first-order chi connectivity index (χ1) is 12.8. The van der Waals surface area contributed by atoms with E-state index in [-0.39, 0.29) is 6.10 Å². The van der Waals surface area contributed by atoms with Crippen LogP contribution in [0.2, 0.25) is 0 Å². The first-order valence-corrected chi connectivity index (χ1v) is 10.6. The van der Waals surface area contributed by atoms with Gasteiger partial charge in [-0.2, -0.15) is 9.40 Å². The van der Waals surface area contributed by atoms with Crippen molar-refractivity contribution in [1.82, 2.24) is 24.4 Å². The van der Waals surface area contributed by atoms with Crippen LogP contribution in [0.1, 0.15) is 31.1 Å². The molecular formula is C18H27N5O3S. The van der Waals surface area contributed by atoms with Crippen LogP contribution >= 0.6 is 0 Å². The fourth-order valence-electron chi connectivity index (χ4n) is 3.11. The van der Waals surface area contributed by atoms with E-state index < -0.39 is 10.0 Å². The van der Waals surface area contributed by atoms with Gasteiger partial charge in [-0.3, -0.25) is 10.00 Å². The maximum atomic E-state index is 13.0. The molecule has 0 radical (unpaired) electrons. The molecule has 1 saturated heterocycles. The lowest BCUT2D eigenvalue weighted by atomic mass is 10.2. The quantitative estimate of drug-likeness (QED) is 0.803. The van der Waals surface area contributed by atoms with Gasteiger partial charge >= 0.3 is 0 Å². The van der Waals surface area contributed by atoms with E-state index in [1.54, 1.807) is 22.5 Å². The number of H-pyrrole nitrogens is 1. The number of ether oxygens (including phenoxy) is 1. The molecule has 1 aliphatic rings. The van der Waals surface area contributed by atoms with E-state index in [1.165, 1.54) is 0 Å². The first kappa shape index (κ1) is 19.8. The SMILES string of the molecule is Cc1nc(CN2CCN(S(=O)(=O)c3ccc(OC(C)C)c(C)c3)CC2)n[nH]1. The number of aromatic amines is 1. The lowest BCUT2D eigenvalue weighted by Gasteiger charge is -2.33. The minimum absolute atomic E-state index is 0.0482. The molecule has 0 amide bonds.